The molecule has 0 aliphatic heterocycles. The summed E-state index contributed by atoms with van der Waals surface area (Å²) in [6.07, 6.45) is 4.72. The van der Waals surface area contributed by atoms with Crippen molar-refractivity contribution >= 4 is 11.8 Å². The van der Waals surface area contributed by atoms with Crippen molar-refractivity contribution in [1.29, 1.82) is 0 Å². The van der Waals surface area contributed by atoms with Gasteiger partial charge in [-0.25, -0.2) is 4.84 Å². The van der Waals surface area contributed by atoms with Crippen molar-refractivity contribution in [3.05, 3.63) is 59.7 Å². The zero-order valence-electron chi connectivity index (χ0n) is 15.2. The number of aryl methyl sites for hydroxylation is 2. The molecule has 0 aliphatic rings. The quantitative estimate of drug-likeness (QED) is 0.513. The Kier molecular flexibility index (Phi) is 8.39. The fraction of sp³-hybridized carbons (Fsp3) is 0.429. The third-order valence-electron chi connectivity index (χ3n) is 4.60. The lowest BCUT2D eigenvalue weighted by molar-refractivity contribution is 0.103. The van der Waals surface area contributed by atoms with Gasteiger partial charge in [-0.15, -0.1) is 0 Å². The standard InChI is InChI=1S/C21H28ClNO3/c1-2-3-4-17-5-9-19(10-6-17)26-20-11-7-18(8-12-20)13-14-21(15-24,16-25)23-22/h5-12,23-25H,2-4,13-16H2,1H3. The predicted octanol–water partition coefficient (Wildman–Crippen LogP) is 4.22. The summed E-state index contributed by atoms with van der Waals surface area (Å²) in [5.74, 6) is 1.60. The molecule has 0 aliphatic carbocycles. The lowest BCUT2D eigenvalue weighted by Crippen LogP contribution is -2.47. The van der Waals surface area contributed by atoms with Crippen LogP contribution in [0.15, 0.2) is 48.5 Å². The summed E-state index contributed by atoms with van der Waals surface area (Å²) in [4.78, 5) is 2.49. The monoisotopic (exact) mass is 377 g/mol. The number of rotatable bonds is 11. The van der Waals surface area contributed by atoms with Gasteiger partial charge in [-0.2, -0.15) is 0 Å². The minimum absolute atomic E-state index is 0.220. The van der Waals surface area contributed by atoms with Crippen molar-refractivity contribution in [2.45, 2.75) is 44.6 Å². The Hall–Kier alpha value is -1.59. The van der Waals surface area contributed by atoms with Crippen molar-refractivity contribution in [2.24, 2.45) is 0 Å². The first kappa shape index (κ1) is 20.7. The van der Waals surface area contributed by atoms with E-state index in [1.54, 1.807) is 0 Å². The number of nitrogens with one attached hydrogen (secondary N) is 1. The minimum Gasteiger partial charge on any atom is -0.457 e. The van der Waals surface area contributed by atoms with Crippen LogP contribution in [0.1, 0.15) is 37.3 Å². The largest absolute Gasteiger partial charge is 0.457 e. The second kappa shape index (κ2) is 10.5. The van der Waals surface area contributed by atoms with Gasteiger partial charge in [-0.05, 0) is 72.9 Å². The molecule has 2 aromatic carbocycles. The van der Waals surface area contributed by atoms with Crippen LogP contribution in [0, 0.1) is 0 Å². The van der Waals surface area contributed by atoms with Gasteiger partial charge in [-0.3, -0.25) is 0 Å². The molecule has 2 aromatic rings. The van der Waals surface area contributed by atoms with Gasteiger partial charge in [0.15, 0.2) is 0 Å². The first-order chi connectivity index (χ1) is 12.6. The topological polar surface area (TPSA) is 61.7 Å². The molecule has 0 saturated carbocycles. The molecule has 2 rings (SSSR count). The van der Waals surface area contributed by atoms with Crippen molar-refractivity contribution in [3.63, 3.8) is 0 Å². The Morgan fingerprint density at radius 3 is 1.81 bits per heavy atom. The van der Waals surface area contributed by atoms with Crippen LogP contribution >= 0.6 is 11.8 Å². The third kappa shape index (κ3) is 5.99. The summed E-state index contributed by atoms with van der Waals surface area (Å²) in [6.45, 7) is 1.76. The molecule has 0 aromatic heterocycles. The Bertz CT molecular complexity index is 631. The van der Waals surface area contributed by atoms with E-state index in [0.717, 1.165) is 23.5 Å². The average Bonchev–Trinajstić information content (AvgIpc) is 2.70. The molecule has 26 heavy (non-hydrogen) atoms. The highest BCUT2D eigenvalue weighted by Crippen LogP contribution is 2.23. The SMILES string of the molecule is CCCCc1ccc(Oc2ccc(CCC(CO)(CO)NCl)cc2)cc1. The van der Waals surface area contributed by atoms with E-state index in [0.29, 0.717) is 12.8 Å². The van der Waals surface area contributed by atoms with Crippen molar-refractivity contribution in [3.8, 4) is 11.5 Å². The van der Waals surface area contributed by atoms with Crippen LogP contribution in [0.3, 0.4) is 0 Å². The average molecular weight is 378 g/mol. The molecule has 3 N–H and O–H groups in total. The number of hydrogen-bond acceptors (Lipinski definition) is 4. The van der Waals surface area contributed by atoms with Crippen LogP contribution < -0.4 is 9.57 Å². The van der Waals surface area contributed by atoms with Crippen LogP contribution in [0.2, 0.25) is 0 Å². The van der Waals surface area contributed by atoms with Crippen LogP contribution in [0.4, 0.5) is 0 Å². The van der Waals surface area contributed by atoms with E-state index in [2.05, 4.69) is 23.9 Å². The number of benzene rings is 2. The molecule has 0 amide bonds. The van der Waals surface area contributed by atoms with Crippen LogP contribution in [-0.2, 0) is 12.8 Å². The lowest BCUT2D eigenvalue weighted by atomic mass is 9.94. The van der Waals surface area contributed by atoms with E-state index in [1.807, 2.05) is 36.4 Å². The van der Waals surface area contributed by atoms with Gasteiger partial charge in [0, 0.05) is 0 Å². The summed E-state index contributed by atoms with van der Waals surface area (Å²) in [5.41, 5.74) is 1.56. The molecule has 0 saturated heterocycles. The van der Waals surface area contributed by atoms with Crippen molar-refractivity contribution in [2.75, 3.05) is 13.2 Å². The van der Waals surface area contributed by atoms with E-state index in [4.69, 9.17) is 16.5 Å². The minimum atomic E-state index is -0.865. The van der Waals surface area contributed by atoms with Gasteiger partial charge in [0.2, 0.25) is 0 Å². The van der Waals surface area contributed by atoms with E-state index < -0.39 is 5.54 Å². The molecular formula is C21H28ClNO3. The molecule has 4 nitrogen and oxygen atoms in total. The maximum Gasteiger partial charge on any atom is 0.127 e. The summed E-state index contributed by atoms with van der Waals surface area (Å²) in [7, 11) is 0. The lowest BCUT2D eigenvalue weighted by Gasteiger charge is -2.27. The normalized spacial score (nSPS) is 11.5. The van der Waals surface area contributed by atoms with Crippen molar-refractivity contribution < 1.29 is 14.9 Å². The van der Waals surface area contributed by atoms with E-state index >= 15 is 0 Å². The fourth-order valence-corrected chi connectivity index (χ4v) is 2.88. The number of hydrogen-bond donors (Lipinski definition) is 3. The molecule has 0 bridgehead atoms. The fourth-order valence-electron chi connectivity index (χ4n) is 2.66. The maximum atomic E-state index is 9.40. The van der Waals surface area contributed by atoms with Gasteiger partial charge in [0.1, 0.15) is 11.5 Å². The Balaban J connectivity index is 1.90. The molecule has 142 valence electrons. The zero-order valence-corrected chi connectivity index (χ0v) is 16.0. The summed E-state index contributed by atoms with van der Waals surface area (Å²) in [5, 5.41) is 18.8. The molecule has 0 fully saturated rings. The van der Waals surface area contributed by atoms with Crippen LogP contribution in [0.25, 0.3) is 0 Å². The van der Waals surface area contributed by atoms with Crippen LogP contribution in [0.5, 0.6) is 11.5 Å². The second-order valence-corrected chi connectivity index (χ2v) is 6.87. The van der Waals surface area contributed by atoms with Gasteiger partial charge < -0.3 is 14.9 Å². The smallest absolute Gasteiger partial charge is 0.127 e. The Morgan fingerprint density at radius 2 is 1.38 bits per heavy atom. The molecule has 0 radical (unpaired) electrons. The molecule has 0 spiro atoms. The Labute approximate surface area is 160 Å². The van der Waals surface area contributed by atoms with Crippen molar-refractivity contribution in [1.82, 2.24) is 4.84 Å². The van der Waals surface area contributed by atoms with Gasteiger partial charge in [0.25, 0.3) is 0 Å². The summed E-state index contributed by atoms with van der Waals surface area (Å²) in [6, 6.07) is 16.0. The molecular weight excluding hydrogens is 350 g/mol. The molecule has 0 heterocycles. The number of aliphatic hydroxyl groups excluding tert-OH is 2. The summed E-state index contributed by atoms with van der Waals surface area (Å²) < 4.78 is 5.89. The number of ether oxygens (including phenoxy) is 1. The third-order valence-corrected chi connectivity index (χ3v) is 5.00. The van der Waals surface area contributed by atoms with Gasteiger partial charge in [-0.1, -0.05) is 37.6 Å². The molecule has 0 unspecified atom stereocenters. The van der Waals surface area contributed by atoms with Gasteiger partial charge in [0.05, 0.1) is 18.8 Å². The number of aliphatic hydroxyl groups is 2. The highest BCUT2D eigenvalue weighted by atomic mass is 35.5. The maximum absolute atomic E-state index is 9.40. The Morgan fingerprint density at radius 1 is 0.885 bits per heavy atom. The van der Waals surface area contributed by atoms with Gasteiger partial charge >= 0.3 is 0 Å². The van der Waals surface area contributed by atoms with E-state index in [9.17, 15) is 10.2 Å². The highest BCUT2D eigenvalue weighted by molar-refractivity contribution is 6.13. The number of unbranched alkanes of at least 4 members (excludes halogenated alkanes) is 1. The summed E-state index contributed by atoms with van der Waals surface area (Å²) >= 11 is 5.66. The first-order valence-corrected chi connectivity index (χ1v) is 9.48. The molecule has 5 heteroatoms. The number of halogens is 1. The molecule has 0 atom stereocenters. The predicted molar refractivity (Wildman–Crippen MR) is 106 cm³/mol. The first-order valence-electron chi connectivity index (χ1n) is 9.10. The second-order valence-electron chi connectivity index (χ2n) is 6.68. The zero-order chi connectivity index (χ0) is 18.8. The van der Waals surface area contributed by atoms with E-state index in [1.165, 1.54) is 18.4 Å². The van der Waals surface area contributed by atoms with E-state index in [-0.39, 0.29) is 13.2 Å². The van der Waals surface area contributed by atoms with Crippen LogP contribution in [-0.4, -0.2) is 29.0 Å². The highest BCUT2D eigenvalue weighted by Gasteiger charge is 2.27.